The zero-order valence-corrected chi connectivity index (χ0v) is 14.1. The number of amides is 1. The van der Waals surface area contributed by atoms with Gasteiger partial charge in [0.15, 0.2) is 14.0 Å². The van der Waals surface area contributed by atoms with Crippen molar-refractivity contribution in [2.24, 2.45) is 5.92 Å². The van der Waals surface area contributed by atoms with Gasteiger partial charge in [-0.15, -0.1) is 0 Å². The average molecular weight is 320 g/mol. The van der Waals surface area contributed by atoms with Crippen LogP contribution in [-0.2, 0) is 9.59 Å². The van der Waals surface area contributed by atoms with E-state index < -0.39 is 8.24 Å². The maximum atomic E-state index is 12.1. The Morgan fingerprint density at radius 2 is 1.88 bits per heavy atom. The Morgan fingerprint density at radius 1 is 1.41 bits per heavy atom. The Balaban J connectivity index is 3.05. The summed E-state index contributed by atoms with van der Waals surface area (Å²) in [6, 6.07) is -0.206. The Kier molecular flexibility index (Phi) is 3.94. The number of hydrogen-bond donors (Lipinski definition) is 0. The van der Waals surface area contributed by atoms with E-state index in [1.165, 1.54) is 0 Å². The monoisotopic (exact) mass is 319 g/mol. The summed E-state index contributed by atoms with van der Waals surface area (Å²) in [5.41, 5.74) is 0. The van der Waals surface area contributed by atoms with Crippen LogP contribution in [0.2, 0.25) is 18.1 Å². The predicted molar refractivity (Wildman–Crippen MR) is 75.8 cm³/mol. The Labute approximate surface area is 113 Å². The minimum Gasteiger partial charge on any atom is -0.359 e. The molecule has 2 atom stereocenters. The summed E-state index contributed by atoms with van der Waals surface area (Å²) in [6.07, 6.45) is 0. The van der Waals surface area contributed by atoms with Crippen molar-refractivity contribution in [3.05, 3.63) is 0 Å². The summed E-state index contributed by atoms with van der Waals surface area (Å²) in [6.45, 7) is 12.7. The van der Waals surface area contributed by atoms with E-state index in [0.29, 0.717) is 5.33 Å². The molecule has 1 aliphatic rings. The largest absolute Gasteiger partial charge is 0.359 e. The lowest BCUT2D eigenvalue weighted by Crippen LogP contribution is -2.74. The van der Waals surface area contributed by atoms with Crippen LogP contribution in [0.1, 0.15) is 27.7 Å². The fraction of sp³-hybridized carbons (Fsp3) is 0.833. The van der Waals surface area contributed by atoms with Gasteiger partial charge in [-0.1, -0.05) is 56.7 Å². The maximum Gasteiger partial charge on any atom is 0.220 e. The van der Waals surface area contributed by atoms with E-state index in [9.17, 15) is 9.59 Å². The van der Waals surface area contributed by atoms with Crippen molar-refractivity contribution in [2.75, 3.05) is 5.33 Å². The maximum absolute atomic E-state index is 12.1. The molecule has 0 saturated carbocycles. The quantitative estimate of drug-likeness (QED) is 0.455. The summed E-state index contributed by atoms with van der Waals surface area (Å²) < 4.78 is 1.90. The van der Waals surface area contributed by atoms with Crippen LogP contribution in [0, 0.1) is 5.92 Å². The second kappa shape index (κ2) is 4.50. The lowest BCUT2D eigenvalue weighted by Gasteiger charge is -2.57. The van der Waals surface area contributed by atoms with Crippen molar-refractivity contribution in [3.8, 4) is 0 Å². The second-order valence-electron chi connectivity index (χ2n) is 6.35. The number of Topliss-reactive ketones (excluding diaryl/α,β-unsaturated/α-hetero) is 1. The number of carbonyl (C=O) groups is 2. The highest BCUT2D eigenvalue weighted by molar-refractivity contribution is 9.09. The molecule has 0 aromatic rings. The fourth-order valence-electron chi connectivity index (χ4n) is 2.12. The third-order valence-corrected chi connectivity index (χ3v) is 10.2. The Hall–Kier alpha value is -0.163. The summed E-state index contributed by atoms with van der Waals surface area (Å²) in [7, 11) is -1.93. The first kappa shape index (κ1) is 14.9. The fourth-order valence-corrected chi connectivity index (χ4v) is 4.99. The molecule has 0 spiro atoms. The number of halogens is 1. The van der Waals surface area contributed by atoms with Crippen LogP contribution in [-0.4, -0.2) is 35.9 Å². The number of rotatable bonds is 3. The van der Waals surface area contributed by atoms with Crippen molar-refractivity contribution in [3.63, 3.8) is 0 Å². The number of ketones is 1. The van der Waals surface area contributed by atoms with Gasteiger partial charge in [0, 0.05) is 0 Å². The SMILES string of the molecule is C[C@H]1C(=O)N([Si](C)(C)C(C)(C)C)[C@@H]1C(=O)CBr. The molecular formula is C12H22BrNO2Si. The van der Waals surface area contributed by atoms with E-state index in [1.807, 2.05) is 11.5 Å². The first-order valence-corrected chi connectivity index (χ1v) is 10.0. The van der Waals surface area contributed by atoms with Gasteiger partial charge >= 0.3 is 0 Å². The highest BCUT2D eigenvalue weighted by atomic mass is 79.9. The molecule has 1 saturated heterocycles. The standard InChI is InChI=1S/C12H22BrNO2Si/c1-8-10(9(15)7-13)14(11(8)16)17(5,6)12(2,3)4/h8,10H,7H2,1-6H3/t8-,10+/m1/s1. The molecule has 0 radical (unpaired) electrons. The molecule has 1 aliphatic heterocycles. The van der Waals surface area contributed by atoms with Crippen molar-refractivity contribution >= 4 is 35.9 Å². The van der Waals surface area contributed by atoms with Crippen LogP contribution in [0.3, 0.4) is 0 Å². The van der Waals surface area contributed by atoms with E-state index in [2.05, 4.69) is 49.8 Å². The first-order chi connectivity index (χ1) is 7.55. The van der Waals surface area contributed by atoms with E-state index in [1.54, 1.807) is 0 Å². The van der Waals surface area contributed by atoms with E-state index >= 15 is 0 Å². The molecule has 1 amide bonds. The van der Waals surface area contributed by atoms with E-state index in [0.717, 1.165) is 0 Å². The third-order valence-electron chi connectivity index (χ3n) is 4.28. The molecule has 0 N–H and O–H groups in total. The topological polar surface area (TPSA) is 37.4 Å². The number of nitrogens with zero attached hydrogens (tertiary/aromatic N) is 1. The Morgan fingerprint density at radius 3 is 2.24 bits per heavy atom. The molecule has 0 aromatic heterocycles. The molecule has 17 heavy (non-hydrogen) atoms. The molecule has 0 aromatic carbocycles. The van der Waals surface area contributed by atoms with Crippen LogP contribution in [0.25, 0.3) is 0 Å². The zero-order valence-electron chi connectivity index (χ0n) is 11.5. The highest BCUT2D eigenvalue weighted by Gasteiger charge is 2.57. The molecule has 0 unspecified atom stereocenters. The van der Waals surface area contributed by atoms with Crippen molar-refractivity contribution < 1.29 is 9.59 Å². The summed E-state index contributed by atoms with van der Waals surface area (Å²) >= 11 is 3.21. The van der Waals surface area contributed by atoms with Crippen LogP contribution in [0.15, 0.2) is 0 Å². The molecule has 3 nitrogen and oxygen atoms in total. The van der Waals surface area contributed by atoms with Gasteiger partial charge in [-0.05, 0) is 5.04 Å². The van der Waals surface area contributed by atoms with Gasteiger partial charge in [-0.2, -0.15) is 0 Å². The minimum atomic E-state index is -1.93. The number of alkyl halides is 1. The number of carbonyl (C=O) groups excluding carboxylic acids is 2. The molecule has 0 aliphatic carbocycles. The Bertz CT molecular complexity index is 349. The van der Waals surface area contributed by atoms with Crippen molar-refractivity contribution in [1.29, 1.82) is 0 Å². The van der Waals surface area contributed by atoms with Crippen molar-refractivity contribution in [1.82, 2.24) is 4.57 Å². The molecule has 0 bridgehead atoms. The molecular weight excluding hydrogens is 298 g/mol. The van der Waals surface area contributed by atoms with Gasteiger partial charge in [0.25, 0.3) is 0 Å². The first-order valence-electron chi connectivity index (χ1n) is 5.97. The lowest BCUT2D eigenvalue weighted by molar-refractivity contribution is -0.152. The van der Waals surface area contributed by atoms with E-state index in [4.69, 9.17) is 0 Å². The molecule has 5 heteroatoms. The predicted octanol–water partition coefficient (Wildman–Crippen LogP) is 2.80. The van der Waals surface area contributed by atoms with Crippen molar-refractivity contribution in [2.45, 2.75) is 51.9 Å². The van der Waals surface area contributed by atoms with Crippen LogP contribution < -0.4 is 0 Å². The zero-order chi connectivity index (χ0) is 13.6. The lowest BCUT2D eigenvalue weighted by atomic mass is 9.90. The molecule has 98 valence electrons. The second-order valence-corrected chi connectivity index (χ2v) is 12.0. The molecule has 1 fully saturated rings. The normalized spacial score (nSPS) is 25.8. The van der Waals surface area contributed by atoms with Gasteiger partial charge in [0.1, 0.15) is 0 Å². The number of β-lactam (4-membered cyclic amide) rings is 1. The van der Waals surface area contributed by atoms with Gasteiger partial charge in [0.05, 0.1) is 17.3 Å². The van der Waals surface area contributed by atoms with Gasteiger partial charge in [-0.25, -0.2) is 0 Å². The van der Waals surface area contributed by atoms with Gasteiger partial charge < -0.3 is 4.57 Å². The van der Waals surface area contributed by atoms with Crippen LogP contribution >= 0.6 is 15.9 Å². The highest BCUT2D eigenvalue weighted by Crippen LogP contribution is 2.44. The summed E-state index contributed by atoms with van der Waals surface area (Å²) in [4.78, 5) is 24.0. The van der Waals surface area contributed by atoms with Crippen LogP contribution in [0.4, 0.5) is 0 Å². The molecule has 1 rings (SSSR count). The summed E-state index contributed by atoms with van der Waals surface area (Å²) in [5.74, 6) is 0.131. The van der Waals surface area contributed by atoms with Gasteiger partial charge in [0.2, 0.25) is 5.91 Å². The van der Waals surface area contributed by atoms with Gasteiger partial charge in [-0.3, -0.25) is 9.59 Å². The molecule has 1 heterocycles. The minimum absolute atomic E-state index is 0.0770. The van der Waals surface area contributed by atoms with Crippen LogP contribution in [0.5, 0.6) is 0 Å². The summed E-state index contributed by atoms with van der Waals surface area (Å²) in [5, 5.41) is 0.411. The smallest absolute Gasteiger partial charge is 0.220 e. The number of hydrogen-bond acceptors (Lipinski definition) is 2. The average Bonchev–Trinajstić information content (AvgIpc) is 2.21. The third kappa shape index (κ3) is 2.23. The van der Waals surface area contributed by atoms with E-state index in [-0.39, 0.29) is 28.7 Å².